The maximum Gasteiger partial charge on any atom is 0.410 e. The Bertz CT molecular complexity index is 811. The Morgan fingerprint density at radius 1 is 1.19 bits per heavy atom. The van der Waals surface area contributed by atoms with Crippen LogP contribution in [0.5, 0.6) is 0 Å². The summed E-state index contributed by atoms with van der Waals surface area (Å²) < 4.78 is 23.0. The molecular weight excluding hydrogens is 476 g/mol. The van der Waals surface area contributed by atoms with Gasteiger partial charge in [0.05, 0.1) is 31.0 Å². The third kappa shape index (κ3) is 11.4. The largest absolute Gasteiger partial charge is 0.442 e. The summed E-state index contributed by atoms with van der Waals surface area (Å²) in [5, 5.41) is 12.4. The smallest absolute Gasteiger partial charge is 0.410 e. The summed E-state index contributed by atoms with van der Waals surface area (Å²) in [7, 11) is 0. The zero-order chi connectivity index (χ0) is 27.4. The van der Waals surface area contributed by atoms with Crippen LogP contribution in [0.3, 0.4) is 0 Å². The molecule has 0 aromatic rings. The molecule has 2 aliphatic rings. The predicted octanol–water partition coefficient (Wildman–Crippen LogP) is 3.73. The van der Waals surface area contributed by atoms with Gasteiger partial charge in [-0.25, -0.2) is 4.79 Å². The molecule has 9 heteroatoms. The van der Waals surface area contributed by atoms with Crippen molar-refractivity contribution in [1.82, 2.24) is 10.2 Å². The SMILES string of the molecule is CCN(CC)C(=O)O[C@@H](C)/C=C\C(=O)NC1COC(C/C=C(C)/C=C/[C@@H]2C[C@H](CO)CC(C)(C)O2)OC1. The van der Waals surface area contributed by atoms with E-state index in [0.29, 0.717) is 32.7 Å². The van der Waals surface area contributed by atoms with Crippen molar-refractivity contribution < 1.29 is 33.6 Å². The summed E-state index contributed by atoms with van der Waals surface area (Å²) in [4.78, 5) is 25.8. The molecule has 2 heterocycles. The number of aliphatic hydroxyl groups excluding tert-OH is 1. The number of nitrogens with zero attached hydrogens (tertiary/aromatic N) is 1. The molecule has 3 atom stereocenters. The molecule has 0 bridgehead atoms. The highest BCUT2D eigenvalue weighted by Crippen LogP contribution is 2.32. The Morgan fingerprint density at radius 2 is 1.86 bits per heavy atom. The fourth-order valence-electron chi connectivity index (χ4n) is 4.47. The lowest BCUT2D eigenvalue weighted by atomic mass is 9.86. The van der Waals surface area contributed by atoms with E-state index >= 15 is 0 Å². The van der Waals surface area contributed by atoms with Crippen LogP contribution >= 0.6 is 0 Å². The van der Waals surface area contributed by atoms with E-state index in [-0.39, 0.29) is 42.5 Å². The van der Waals surface area contributed by atoms with Crippen molar-refractivity contribution in [3.05, 3.63) is 36.0 Å². The summed E-state index contributed by atoms with van der Waals surface area (Å²) in [6, 6.07) is -0.252. The minimum absolute atomic E-state index is 0.0118. The van der Waals surface area contributed by atoms with Crippen LogP contribution in [0.15, 0.2) is 36.0 Å². The number of rotatable bonds is 11. The first-order chi connectivity index (χ1) is 17.5. The van der Waals surface area contributed by atoms with Crippen molar-refractivity contribution in [2.24, 2.45) is 5.92 Å². The van der Waals surface area contributed by atoms with Gasteiger partial charge in [-0.15, -0.1) is 0 Å². The zero-order valence-corrected chi connectivity index (χ0v) is 23.3. The molecule has 2 aliphatic heterocycles. The van der Waals surface area contributed by atoms with E-state index in [9.17, 15) is 14.7 Å². The number of allylic oxidation sites excluding steroid dienone is 2. The molecule has 2 N–H and O–H groups in total. The quantitative estimate of drug-likeness (QED) is 0.315. The fraction of sp³-hybridized carbons (Fsp3) is 0.714. The average Bonchev–Trinajstić information content (AvgIpc) is 2.85. The van der Waals surface area contributed by atoms with E-state index in [1.165, 1.54) is 6.08 Å². The highest BCUT2D eigenvalue weighted by atomic mass is 16.7. The number of hydrogen-bond acceptors (Lipinski definition) is 7. The third-order valence-electron chi connectivity index (χ3n) is 6.42. The van der Waals surface area contributed by atoms with Crippen LogP contribution in [-0.4, -0.2) is 85.1 Å². The van der Waals surface area contributed by atoms with Gasteiger partial charge in [0.25, 0.3) is 0 Å². The Kier molecular flexibility index (Phi) is 12.8. The van der Waals surface area contributed by atoms with Gasteiger partial charge in [0, 0.05) is 32.2 Å². The Morgan fingerprint density at radius 3 is 2.49 bits per heavy atom. The van der Waals surface area contributed by atoms with Crippen molar-refractivity contribution in [3.63, 3.8) is 0 Å². The average molecular weight is 523 g/mol. The van der Waals surface area contributed by atoms with Crippen LogP contribution < -0.4 is 5.32 Å². The number of carbonyl (C=O) groups is 2. The molecule has 0 aliphatic carbocycles. The first-order valence-electron chi connectivity index (χ1n) is 13.4. The van der Waals surface area contributed by atoms with Crippen molar-refractivity contribution in [1.29, 1.82) is 0 Å². The number of aliphatic hydroxyl groups is 1. The van der Waals surface area contributed by atoms with Crippen molar-refractivity contribution in [2.75, 3.05) is 32.9 Å². The van der Waals surface area contributed by atoms with Gasteiger partial charge in [0.15, 0.2) is 6.29 Å². The van der Waals surface area contributed by atoms with Crippen molar-refractivity contribution >= 4 is 12.0 Å². The lowest BCUT2D eigenvalue weighted by molar-refractivity contribution is -0.187. The third-order valence-corrected chi connectivity index (χ3v) is 6.42. The summed E-state index contributed by atoms with van der Waals surface area (Å²) in [5.41, 5.74) is 0.844. The van der Waals surface area contributed by atoms with Crippen LogP contribution in [0.4, 0.5) is 4.79 Å². The highest BCUT2D eigenvalue weighted by Gasteiger charge is 2.33. The maximum atomic E-state index is 12.2. The van der Waals surface area contributed by atoms with Gasteiger partial charge in [-0.1, -0.05) is 23.8 Å². The molecule has 37 heavy (non-hydrogen) atoms. The number of nitrogens with one attached hydrogen (secondary N) is 1. The second-order valence-corrected chi connectivity index (χ2v) is 10.4. The van der Waals surface area contributed by atoms with Crippen LogP contribution in [0.1, 0.15) is 60.8 Å². The molecule has 2 rings (SSSR count). The van der Waals surface area contributed by atoms with E-state index in [1.807, 2.05) is 26.8 Å². The first-order valence-corrected chi connectivity index (χ1v) is 13.4. The highest BCUT2D eigenvalue weighted by molar-refractivity contribution is 5.87. The maximum absolute atomic E-state index is 12.2. The van der Waals surface area contributed by atoms with E-state index in [1.54, 1.807) is 17.9 Å². The van der Waals surface area contributed by atoms with Crippen LogP contribution in [0.2, 0.25) is 0 Å². The van der Waals surface area contributed by atoms with Gasteiger partial charge in [-0.05, 0) is 66.4 Å². The molecular formula is C28H46N2O7. The molecule has 0 saturated carbocycles. The lowest BCUT2D eigenvalue weighted by Crippen LogP contribution is -2.46. The molecule has 0 aromatic heterocycles. The summed E-state index contributed by atoms with van der Waals surface area (Å²) >= 11 is 0. The van der Waals surface area contributed by atoms with Gasteiger partial charge in [-0.3, -0.25) is 4.79 Å². The fourth-order valence-corrected chi connectivity index (χ4v) is 4.47. The number of hydrogen-bond donors (Lipinski definition) is 2. The van der Waals surface area contributed by atoms with Gasteiger partial charge >= 0.3 is 6.09 Å². The van der Waals surface area contributed by atoms with Gasteiger partial charge in [0.1, 0.15) is 6.10 Å². The predicted molar refractivity (Wildman–Crippen MR) is 142 cm³/mol. The minimum Gasteiger partial charge on any atom is -0.442 e. The summed E-state index contributed by atoms with van der Waals surface area (Å²) in [5.74, 6) is -0.0343. The zero-order valence-electron chi connectivity index (χ0n) is 23.3. The Balaban J connectivity index is 1.70. The minimum atomic E-state index is -0.515. The van der Waals surface area contributed by atoms with Crippen molar-refractivity contribution in [3.8, 4) is 0 Å². The van der Waals surface area contributed by atoms with Gasteiger partial charge in [-0.2, -0.15) is 0 Å². The molecule has 0 spiro atoms. The lowest BCUT2D eigenvalue weighted by Gasteiger charge is -2.39. The van der Waals surface area contributed by atoms with Crippen molar-refractivity contribution in [2.45, 2.75) is 90.9 Å². The normalized spacial score (nSPS) is 27.3. The van der Waals surface area contributed by atoms with E-state index in [4.69, 9.17) is 18.9 Å². The second kappa shape index (κ2) is 15.3. The molecule has 9 nitrogen and oxygen atoms in total. The Labute approximate surface area is 221 Å². The molecule has 210 valence electrons. The molecule has 2 amide bonds. The molecule has 0 aromatic carbocycles. The number of ether oxygens (including phenoxy) is 4. The summed E-state index contributed by atoms with van der Waals surface area (Å²) in [6.07, 6.45) is 10.1. The van der Waals surface area contributed by atoms with E-state index < -0.39 is 12.2 Å². The molecule has 2 fully saturated rings. The van der Waals surface area contributed by atoms with E-state index in [2.05, 4.69) is 31.3 Å². The van der Waals surface area contributed by atoms with Crippen LogP contribution in [-0.2, 0) is 23.7 Å². The van der Waals surface area contributed by atoms with Crippen LogP contribution in [0.25, 0.3) is 0 Å². The second-order valence-electron chi connectivity index (χ2n) is 10.4. The van der Waals surface area contributed by atoms with Crippen LogP contribution in [0, 0.1) is 5.92 Å². The number of carbonyl (C=O) groups excluding carboxylic acids is 2. The monoisotopic (exact) mass is 522 g/mol. The van der Waals surface area contributed by atoms with Gasteiger partial charge < -0.3 is 34.3 Å². The Hall–Kier alpha value is -2.20. The summed E-state index contributed by atoms with van der Waals surface area (Å²) in [6.45, 7) is 13.7. The standard InChI is InChI=1S/C28H46N2O7/c1-7-30(8-2)27(33)36-21(4)11-13-25(32)29-23-18-34-26(35-19-23)14-10-20(3)9-12-24-15-22(17-31)16-28(5,6)37-24/h9-13,21-24,26,31H,7-8,14-19H2,1-6H3,(H,29,32)/b12-9+,13-11-,20-10+/t21-,22-,23?,24+,26?/m0/s1. The van der Waals surface area contributed by atoms with Gasteiger partial charge in [0.2, 0.25) is 5.91 Å². The topological polar surface area (TPSA) is 107 Å². The number of amides is 2. The molecule has 0 radical (unpaired) electrons. The molecule has 0 unspecified atom stereocenters. The first kappa shape index (κ1) is 31.0. The van der Waals surface area contributed by atoms with E-state index in [0.717, 1.165) is 18.4 Å². The molecule has 2 saturated heterocycles.